The van der Waals surface area contributed by atoms with Gasteiger partial charge in [-0.3, -0.25) is 0 Å². The fourth-order valence-corrected chi connectivity index (χ4v) is 1.94. The number of nitrogens with one attached hydrogen (secondary N) is 1. The van der Waals surface area contributed by atoms with Crippen molar-refractivity contribution >= 4 is 0 Å². The summed E-state index contributed by atoms with van der Waals surface area (Å²) in [6.45, 7) is 4.71. The van der Waals surface area contributed by atoms with Crippen molar-refractivity contribution in [3.8, 4) is 0 Å². The highest BCUT2D eigenvalue weighted by Crippen LogP contribution is 2.08. The molecule has 0 amide bonds. The van der Waals surface area contributed by atoms with E-state index in [1.54, 1.807) is 12.1 Å². The summed E-state index contributed by atoms with van der Waals surface area (Å²) in [4.78, 5) is 0. The van der Waals surface area contributed by atoms with Crippen LogP contribution >= 0.6 is 0 Å². The van der Waals surface area contributed by atoms with E-state index in [0.717, 1.165) is 23.5 Å². The lowest BCUT2D eigenvalue weighted by atomic mass is 10.1. The Bertz CT molecular complexity index is 507. The van der Waals surface area contributed by atoms with Crippen molar-refractivity contribution in [1.82, 2.24) is 5.32 Å². The zero-order valence-electron chi connectivity index (χ0n) is 10.7. The molecule has 1 heterocycles. The zero-order chi connectivity index (χ0) is 13.0. The molecule has 1 unspecified atom stereocenters. The maximum absolute atomic E-state index is 13.0. The Morgan fingerprint density at radius 2 is 2.11 bits per heavy atom. The molecule has 0 aliphatic rings. The first-order valence-electron chi connectivity index (χ1n) is 6.16. The van der Waals surface area contributed by atoms with Gasteiger partial charge in [0.05, 0.1) is 6.54 Å². The van der Waals surface area contributed by atoms with Crippen molar-refractivity contribution in [3.63, 3.8) is 0 Å². The quantitative estimate of drug-likeness (QED) is 0.875. The van der Waals surface area contributed by atoms with Gasteiger partial charge >= 0.3 is 0 Å². The topological polar surface area (TPSA) is 25.2 Å². The predicted octanol–water partition coefficient (Wildman–Crippen LogP) is 3.45. The van der Waals surface area contributed by atoms with E-state index in [1.165, 1.54) is 6.07 Å². The molecule has 1 aromatic heterocycles. The van der Waals surface area contributed by atoms with E-state index < -0.39 is 0 Å². The van der Waals surface area contributed by atoms with Gasteiger partial charge in [0.15, 0.2) is 0 Å². The fraction of sp³-hybridized carbons (Fsp3) is 0.333. The van der Waals surface area contributed by atoms with Gasteiger partial charge in [0.25, 0.3) is 0 Å². The number of furan rings is 1. The number of hydrogen-bond acceptors (Lipinski definition) is 2. The molecule has 0 aliphatic heterocycles. The molecule has 0 aliphatic carbocycles. The fourth-order valence-electron chi connectivity index (χ4n) is 1.94. The number of aryl methyl sites for hydroxylation is 1. The Hall–Kier alpha value is -1.61. The maximum Gasteiger partial charge on any atom is 0.123 e. The van der Waals surface area contributed by atoms with Crippen LogP contribution in [0.5, 0.6) is 0 Å². The van der Waals surface area contributed by atoms with Gasteiger partial charge in [0.1, 0.15) is 17.3 Å². The monoisotopic (exact) mass is 247 g/mol. The predicted molar refractivity (Wildman–Crippen MR) is 69.9 cm³/mol. The van der Waals surface area contributed by atoms with Crippen LogP contribution in [0.2, 0.25) is 0 Å². The number of rotatable bonds is 5. The molecule has 0 fully saturated rings. The number of hydrogen-bond donors (Lipinski definition) is 1. The summed E-state index contributed by atoms with van der Waals surface area (Å²) >= 11 is 0. The van der Waals surface area contributed by atoms with Crippen LogP contribution in [0.3, 0.4) is 0 Å². The maximum atomic E-state index is 13.0. The second-order valence-electron chi connectivity index (χ2n) is 4.63. The van der Waals surface area contributed by atoms with Crippen LogP contribution in [0.25, 0.3) is 0 Å². The minimum absolute atomic E-state index is 0.179. The molecule has 0 saturated heterocycles. The molecule has 96 valence electrons. The van der Waals surface area contributed by atoms with Gasteiger partial charge in [0, 0.05) is 6.04 Å². The minimum atomic E-state index is -0.179. The molecule has 2 rings (SSSR count). The molecular formula is C15H18FNO. The van der Waals surface area contributed by atoms with Gasteiger partial charge in [-0.1, -0.05) is 12.1 Å². The van der Waals surface area contributed by atoms with Gasteiger partial charge in [0.2, 0.25) is 0 Å². The molecule has 0 radical (unpaired) electrons. The number of benzene rings is 1. The van der Waals surface area contributed by atoms with Crippen LogP contribution in [0.1, 0.15) is 24.0 Å². The van der Waals surface area contributed by atoms with Crippen LogP contribution in [0.15, 0.2) is 40.8 Å². The third-order valence-electron chi connectivity index (χ3n) is 2.85. The van der Waals surface area contributed by atoms with E-state index in [2.05, 4.69) is 12.2 Å². The molecule has 1 N–H and O–H groups in total. The van der Waals surface area contributed by atoms with Crippen LogP contribution < -0.4 is 5.32 Å². The Morgan fingerprint density at radius 1 is 1.28 bits per heavy atom. The highest BCUT2D eigenvalue weighted by molar-refractivity contribution is 5.17. The van der Waals surface area contributed by atoms with Gasteiger partial charge in [-0.2, -0.15) is 0 Å². The van der Waals surface area contributed by atoms with E-state index in [0.29, 0.717) is 6.54 Å². The van der Waals surface area contributed by atoms with E-state index in [9.17, 15) is 4.39 Å². The molecule has 1 atom stereocenters. The third kappa shape index (κ3) is 3.70. The molecule has 0 bridgehead atoms. The van der Waals surface area contributed by atoms with Crippen molar-refractivity contribution in [2.24, 2.45) is 0 Å². The van der Waals surface area contributed by atoms with Crippen LogP contribution in [0.4, 0.5) is 4.39 Å². The summed E-state index contributed by atoms with van der Waals surface area (Å²) in [5.41, 5.74) is 1.01. The smallest absolute Gasteiger partial charge is 0.123 e. The molecule has 2 aromatic rings. The highest BCUT2D eigenvalue weighted by atomic mass is 19.1. The first-order chi connectivity index (χ1) is 8.63. The number of halogens is 1. The van der Waals surface area contributed by atoms with E-state index in [-0.39, 0.29) is 11.9 Å². The highest BCUT2D eigenvalue weighted by Gasteiger charge is 2.05. The second-order valence-corrected chi connectivity index (χ2v) is 4.63. The average molecular weight is 247 g/mol. The molecule has 2 nitrogen and oxygen atoms in total. The summed E-state index contributed by atoms with van der Waals surface area (Å²) in [5, 5.41) is 3.36. The normalized spacial score (nSPS) is 12.6. The summed E-state index contributed by atoms with van der Waals surface area (Å²) in [5.74, 6) is 1.67. The van der Waals surface area contributed by atoms with Crippen molar-refractivity contribution in [1.29, 1.82) is 0 Å². The van der Waals surface area contributed by atoms with Crippen molar-refractivity contribution in [3.05, 3.63) is 59.3 Å². The lowest BCUT2D eigenvalue weighted by Crippen LogP contribution is -2.27. The first-order valence-corrected chi connectivity index (χ1v) is 6.16. The van der Waals surface area contributed by atoms with E-state index in [4.69, 9.17) is 4.42 Å². The standard InChI is InChI=1S/C15H18FNO/c1-11(8-13-4-3-5-14(16)9-13)17-10-15-7-6-12(2)18-15/h3-7,9,11,17H,8,10H2,1-2H3. The van der Waals surface area contributed by atoms with E-state index >= 15 is 0 Å². The molecule has 0 spiro atoms. The summed E-state index contributed by atoms with van der Waals surface area (Å²) in [6.07, 6.45) is 0.803. The molecule has 0 saturated carbocycles. The Morgan fingerprint density at radius 3 is 2.78 bits per heavy atom. The lowest BCUT2D eigenvalue weighted by molar-refractivity contribution is 0.439. The van der Waals surface area contributed by atoms with Crippen LogP contribution in [-0.2, 0) is 13.0 Å². The largest absolute Gasteiger partial charge is 0.465 e. The SMILES string of the molecule is Cc1ccc(CNC(C)Cc2cccc(F)c2)o1. The van der Waals surface area contributed by atoms with Crippen molar-refractivity contribution in [2.45, 2.75) is 32.9 Å². The Balaban J connectivity index is 1.83. The summed E-state index contributed by atoms with van der Waals surface area (Å²) < 4.78 is 18.5. The van der Waals surface area contributed by atoms with Gasteiger partial charge in [-0.25, -0.2) is 4.39 Å². The summed E-state index contributed by atoms with van der Waals surface area (Å²) in [6, 6.07) is 10.9. The molecule has 1 aromatic carbocycles. The minimum Gasteiger partial charge on any atom is -0.465 e. The zero-order valence-corrected chi connectivity index (χ0v) is 10.7. The Labute approximate surface area is 107 Å². The third-order valence-corrected chi connectivity index (χ3v) is 2.85. The second kappa shape index (κ2) is 5.83. The van der Waals surface area contributed by atoms with Crippen molar-refractivity contribution < 1.29 is 8.81 Å². The molecular weight excluding hydrogens is 229 g/mol. The molecule has 3 heteroatoms. The van der Waals surface area contributed by atoms with Gasteiger partial charge in [-0.05, 0) is 50.1 Å². The first kappa shape index (κ1) is 12.8. The van der Waals surface area contributed by atoms with Gasteiger partial charge in [-0.15, -0.1) is 0 Å². The average Bonchev–Trinajstić information content (AvgIpc) is 2.73. The van der Waals surface area contributed by atoms with E-state index in [1.807, 2.05) is 25.1 Å². The lowest BCUT2D eigenvalue weighted by Gasteiger charge is -2.12. The van der Waals surface area contributed by atoms with Gasteiger partial charge < -0.3 is 9.73 Å². The Kier molecular flexibility index (Phi) is 4.15. The van der Waals surface area contributed by atoms with Crippen LogP contribution in [0, 0.1) is 12.7 Å². The molecule has 18 heavy (non-hydrogen) atoms. The van der Waals surface area contributed by atoms with Crippen molar-refractivity contribution in [2.75, 3.05) is 0 Å². The van der Waals surface area contributed by atoms with Crippen LogP contribution in [-0.4, -0.2) is 6.04 Å². The summed E-state index contributed by atoms with van der Waals surface area (Å²) in [7, 11) is 0.